The van der Waals surface area contributed by atoms with Crippen LogP contribution in [0.25, 0.3) is 0 Å². The Morgan fingerprint density at radius 3 is 2.60 bits per heavy atom. The van der Waals surface area contributed by atoms with Gasteiger partial charge in [0.2, 0.25) is 0 Å². The Bertz CT molecular complexity index is 1110. The number of halogens is 1. The molecule has 1 atom stereocenters. The van der Waals surface area contributed by atoms with Gasteiger partial charge in [0.05, 0.1) is 12.0 Å². The molecule has 1 amide bonds. The van der Waals surface area contributed by atoms with Gasteiger partial charge in [-0.05, 0) is 48.9 Å². The SMILES string of the molecule is Cc1nc(COc2ccc(F)cc2)sc1C(=O)NC(c1ccccc1)c1ccco1. The van der Waals surface area contributed by atoms with Crippen LogP contribution in [0.1, 0.15) is 37.7 Å². The number of rotatable bonds is 7. The summed E-state index contributed by atoms with van der Waals surface area (Å²) >= 11 is 1.27. The van der Waals surface area contributed by atoms with E-state index in [1.54, 1.807) is 31.4 Å². The van der Waals surface area contributed by atoms with Crippen molar-refractivity contribution < 1.29 is 18.3 Å². The molecule has 152 valence electrons. The summed E-state index contributed by atoms with van der Waals surface area (Å²) < 4.78 is 24.2. The van der Waals surface area contributed by atoms with Gasteiger partial charge in [-0.1, -0.05) is 30.3 Å². The Hall–Kier alpha value is -3.45. The lowest BCUT2D eigenvalue weighted by Gasteiger charge is -2.16. The molecule has 30 heavy (non-hydrogen) atoms. The maximum atomic E-state index is 13.0. The summed E-state index contributed by atoms with van der Waals surface area (Å²) in [6, 6.07) is 18.6. The van der Waals surface area contributed by atoms with E-state index in [1.807, 2.05) is 36.4 Å². The molecular weight excluding hydrogens is 403 g/mol. The Labute approximate surface area is 177 Å². The molecule has 1 unspecified atom stereocenters. The second-order valence-electron chi connectivity index (χ2n) is 6.60. The lowest BCUT2D eigenvalue weighted by Crippen LogP contribution is -2.29. The van der Waals surface area contributed by atoms with Crippen molar-refractivity contribution in [2.75, 3.05) is 0 Å². The number of thiazole rings is 1. The summed E-state index contributed by atoms with van der Waals surface area (Å²) in [5.74, 6) is 0.632. The van der Waals surface area contributed by atoms with Gasteiger partial charge in [-0.2, -0.15) is 0 Å². The van der Waals surface area contributed by atoms with Crippen LogP contribution in [0.5, 0.6) is 5.75 Å². The third-order valence-electron chi connectivity index (χ3n) is 4.46. The van der Waals surface area contributed by atoms with Gasteiger partial charge in [-0.25, -0.2) is 9.37 Å². The number of nitrogens with one attached hydrogen (secondary N) is 1. The first-order valence-electron chi connectivity index (χ1n) is 9.34. The lowest BCUT2D eigenvalue weighted by atomic mass is 10.0. The van der Waals surface area contributed by atoms with E-state index in [2.05, 4.69) is 10.3 Å². The third-order valence-corrected chi connectivity index (χ3v) is 5.59. The molecule has 0 bridgehead atoms. The van der Waals surface area contributed by atoms with Crippen molar-refractivity contribution in [3.05, 3.63) is 106 Å². The highest BCUT2D eigenvalue weighted by molar-refractivity contribution is 7.13. The Kier molecular flexibility index (Phi) is 5.90. The topological polar surface area (TPSA) is 64.4 Å². The molecular formula is C23H19FN2O3S. The van der Waals surface area contributed by atoms with E-state index in [4.69, 9.17) is 9.15 Å². The minimum atomic E-state index is -0.408. The summed E-state index contributed by atoms with van der Waals surface area (Å²) in [6.45, 7) is 1.99. The van der Waals surface area contributed by atoms with Crippen LogP contribution in [0.15, 0.2) is 77.4 Å². The molecule has 2 aromatic carbocycles. The van der Waals surface area contributed by atoms with Crippen molar-refractivity contribution in [2.24, 2.45) is 0 Å². The summed E-state index contributed by atoms with van der Waals surface area (Å²) in [7, 11) is 0. The minimum absolute atomic E-state index is 0.199. The van der Waals surface area contributed by atoms with E-state index < -0.39 is 6.04 Å². The molecule has 0 spiro atoms. The highest BCUT2D eigenvalue weighted by Crippen LogP contribution is 2.25. The normalized spacial score (nSPS) is 11.8. The number of aryl methyl sites for hydroxylation is 1. The number of furan rings is 1. The number of hydrogen-bond donors (Lipinski definition) is 1. The average Bonchev–Trinajstić information content (AvgIpc) is 3.42. The fourth-order valence-electron chi connectivity index (χ4n) is 3.02. The first-order chi connectivity index (χ1) is 14.6. The minimum Gasteiger partial charge on any atom is -0.486 e. The van der Waals surface area contributed by atoms with Gasteiger partial charge < -0.3 is 14.5 Å². The number of aromatic nitrogens is 1. The number of carbonyl (C=O) groups is 1. The van der Waals surface area contributed by atoms with Crippen LogP contribution < -0.4 is 10.1 Å². The fourth-order valence-corrected chi connectivity index (χ4v) is 3.90. The van der Waals surface area contributed by atoms with Crippen molar-refractivity contribution in [1.82, 2.24) is 10.3 Å². The first kappa shape index (κ1) is 19.8. The van der Waals surface area contributed by atoms with Crippen molar-refractivity contribution in [3.8, 4) is 5.75 Å². The number of benzene rings is 2. The van der Waals surface area contributed by atoms with E-state index >= 15 is 0 Å². The second-order valence-corrected chi connectivity index (χ2v) is 7.68. The van der Waals surface area contributed by atoms with Gasteiger partial charge >= 0.3 is 0 Å². The Morgan fingerprint density at radius 1 is 1.13 bits per heavy atom. The molecule has 0 aliphatic heterocycles. The monoisotopic (exact) mass is 422 g/mol. The standard InChI is InChI=1S/C23H19FN2O3S/c1-15-22(30-20(25-15)14-29-18-11-9-17(24)10-12-18)23(27)26-21(19-8-5-13-28-19)16-6-3-2-4-7-16/h2-13,21H,14H2,1H3,(H,26,27). The van der Waals surface area contributed by atoms with Crippen molar-refractivity contribution in [1.29, 1.82) is 0 Å². The number of amides is 1. The molecule has 0 aliphatic carbocycles. The van der Waals surface area contributed by atoms with Crippen LogP contribution in [0.3, 0.4) is 0 Å². The van der Waals surface area contributed by atoms with Gasteiger partial charge in [0.1, 0.15) is 39.9 Å². The van der Waals surface area contributed by atoms with Crippen molar-refractivity contribution in [2.45, 2.75) is 19.6 Å². The van der Waals surface area contributed by atoms with Crippen molar-refractivity contribution in [3.63, 3.8) is 0 Å². The highest BCUT2D eigenvalue weighted by Gasteiger charge is 2.23. The molecule has 4 rings (SSSR count). The molecule has 0 radical (unpaired) electrons. The lowest BCUT2D eigenvalue weighted by molar-refractivity contribution is 0.0942. The van der Waals surface area contributed by atoms with Crippen LogP contribution in [0, 0.1) is 12.7 Å². The largest absolute Gasteiger partial charge is 0.486 e. The van der Waals surface area contributed by atoms with Gasteiger partial charge in [0, 0.05) is 0 Å². The van der Waals surface area contributed by atoms with E-state index in [9.17, 15) is 9.18 Å². The smallest absolute Gasteiger partial charge is 0.264 e. The second kappa shape index (κ2) is 8.92. The average molecular weight is 422 g/mol. The molecule has 0 saturated heterocycles. The van der Waals surface area contributed by atoms with Crippen LogP contribution in [-0.4, -0.2) is 10.9 Å². The van der Waals surface area contributed by atoms with Crippen LogP contribution >= 0.6 is 11.3 Å². The van der Waals surface area contributed by atoms with Gasteiger partial charge in [-0.15, -0.1) is 11.3 Å². The van der Waals surface area contributed by atoms with E-state index in [0.717, 1.165) is 5.56 Å². The summed E-state index contributed by atoms with van der Waals surface area (Å²) in [6.07, 6.45) is 1.58. The van der Waals surface area contributed by atoms with E-state index in [-0.39, 0.29) is 18.3 Å². The predicted molar refractivity (Wildman–Crippen MR) is 112 cm³/mol. The third kappa shape index (κ3) is 4.58. The molecule has 0 aliphatic rings. The number of hydrogen-bond acceptors (Lipinski definition) is 5. The molecule has 2 heterocycles. The summed E-state index contributed by atoms with van der Waals surface area (Å²) in [5.41, 5.74) is 1.55. The zero-order chi connectivity index (χ0) is 20.9. The Morgan fingerprint density at radius 2 is 1.90 bits per heavy atom. The van der Waals surface area contributed by atoms with Gasteiger partial charge in [-0.3, -0.25) is 4.79 Å². The van der Waals surface area contributed by atoms with Gasteiger partial charge in [0.25, 0.3) is 5.91 Å². The first-order valence-corrected chi connectivity index (χ1v) is 10.2. The van der Waals surface area contributed by atoms with Crippen molar-refractivity contribution >= 4 is 17.2 Å². The molecule has 1 N–H and O–H groups in total. The molecule has 7 heteroatoms. The molecule has 0 saturated carbocycles. The summed E-state index contributed by atoms with van der Waals surface area (Å²) in [5, 5.41) is 3.70. The van der Waals surface area contributed by atoms with E-state index in [1.165, 1.54) is 23.5 Å². The van der Waals surface area contributed by atoms with E-state index in [0.29, 0.717) is 27.1 Å². The number of carbonyl (C=O) groups excluding carboxylic acids is 1. The van der Waals surface area contributed by atoms with Crippen LogP contribution in [0.2, 0.25) is 0 Å². The number of ether oxygens (including phenoxy) is 1. The molecule has 4 aromatic rings. The Balaban J connectivity index is 1.49. The number of nitrogens with zero attached hydrogens (tertiary/aromatic N) is 1. The van der Waals surface area contributed by atoms with Crippen LogP contribution in [-0.2, 0) is 6.61 Å². The fraction of sp³-hybridized carbons (Fsp3) is 0.130. The summed E-state index contributed by atoms with van der Waals surface area (Å²) in [4.78, 5) is 18.0. The highest BCUT2D eigenvalue weighted by atomic mass is 32.1. The molecule has 2 aromatic heterocycles. The van der Waals surface area contributed by atoms with Gasteiger partial charge in [0.15, 0.2) is 0 Å². The zero-order valence-electron chi connectivity index (χ0n) is 16.2. The predicted octanol–water partition coefficient (Wildman–Crippen LogP) is 5.28. The quantitative estimate of drug-likeness (QED) is 0.440. The van der Waals surface area contributed by atoms with Crippen LogP contribution in [0.4, 0.5) is 4.39 Å². The maximum Gasteiger partial charge on any atom is 0.264 e. The molecule has 0 fully saturated rings. The maximum absolute atomic E-state index is 13.0. The zero-order valence-corrected chi connectivity index (χ0v) is 17.0. The molecule has 5 nitrogen and oxygen atoms in total.